The van der Waals surface area contributed by atoms with Crippen LogP contribution in [0.1, 0.15) is 145 Å². The summed E-state index contributed by atoms with van der Waals surface area (Å²) >= 11 is 0. The molecule has 0 radical (unpaired) electrons. The van der Waals surface area contributed by atoms with Gasteiger partial charge in [-0.05, 0) is 158 Å². The van der Waals surface area contributed by atoms with Gasteiger partial charge < -0.3 is 10.2 Å². The Labute approximate surface area is 281 Å². The normalized spacial score (nSPS) is 60.2. The van der Waals surface area contributed by atoms with Crippen molar-refractivity contribution in [3.05, 3.63) is 23.3 Å². The van der Waals surface area contributed by atoms with Crippen LogP contribution in [0.25, 0.3) is 0 Å². The first-order valence-corrected chi connectivity index (χ1v) is 17.7. The van der Waals surface area contributed by atoms with Crippen LogP contribution in [0.2, 0.25) is 0 Å². The van der Waals surface area contributed by atoms with Crippen LogP contribution in [-0.4, -0.2) is 34.0 Å². The number of ketones is 2. The lowest BCUT2D eigenvalue weighted by atomic mass is 9.47. The molecule has 6 fully saturated rings. The van der Waals surface area contributed by atoms with E-state index in [0.29, 0.717) is 56.9 Å². The van der Waals surface area contributed by atoms with Crippen LogP contribution in [0.15, 0.2) is 23.3 Å². The number of allylic oxidation sites excluding steroid dienone is 2. The quantitative estimate of drug-likeness (QED) is 0.288. The summed E-state index contributed by atoms with van der Waals surface area (Å²) in [6.07, 6.45) is 8.34. The molecule has 3 unspecified atom stereocenters. The van der Waals surface area contributed by atoms with E-state index in [1.165, 1.54) is 6.08 Å². The summed E-state index contributed by atoms with van der Waals surface area (Å²) in [5, 5.41) is 21.7. The molecule has 0 aromatic rings. The molecule has 0 bridgehead atoms. The van der Waals surface area contributed by atoms with E-state index in [4.69, 9.17) is 13.7 Å². The van der Waals surface area contributed by atoms with Crippen molar-refractivity contribution in [1.82, 2.24) is 0 Å². The number of carbonyl (C=O) groups excluding carboxylic acids is 2. The second-order valence-corrected chi connectivity index (χ2v) is 16.8. The SMILES string of the molecule is [2H]C([2H])([2H])[C@]12CC[C@H]3[C@@H](CCC4=CC(=O)CC[C@@]43C([2H])([2H])[2H])[C@@H]1CC(C)[C@@H]2O.[2H]C1C[C@H]2[C@@H]3CC(C)[C@H](O)[C@@]3(C)CC[C@@H]2[C@@]2(C([2H])([2H])[2H])CCC(=O)C=C12. The average Bonchev–Trinajstić information content (AvgIpc) is 3.48. The van der Waals surface area contributed by atoms with Gasteiger partial charge in [-0.25, -0.2) is 0 Å². The first-order chi connectivity index (χ1) is 24.9. The Balaban J connectivity index is 0.000000167. The largest absolute Gasteiger partial charge is 0.392 e. The van der Waals surface area contributed by atoms with E-state index in [1.807, 2.05) is 6.92 Å². The highest BCUT2D eigenvalue weighted by Gasteiger charge is 2.62. The van der Waals surface area contributed by atoms with Crippen LogP contribution in [0.5, 0.6) is 0 Å². The highest BCUT2D eigenvalue weighted by atomic mass is 16.3. The lowest BCUT2D eigenvalue weighted by Gasteiger charge is -2.57. The third-order valence-corrected chi connectivity index (χ3v) is 14.9. The van der Waals surface area contributed by atoms with E-state index < -0.39 is 49.3 Å². The van der Waals surface area contributed by atoms with Crippen LogP contribution in [0, 0.1) is 69.0 Å². The molecule has 0 aliphatic heterocycles. The Kier molecular flexibility index (Phi) is 5.21. The Bertz CT molecular complexity index is 1600. The highest BCUT2D eigenvalue weighted by Crippen LogP contribution is 2.67. The lowest BCUT2D eigenvalue weighted by Crippen LogP contribution is -2.51. The molecule has 0 heterocycles. The topological polar surface area (TPSA) is 74.6 Å². The molecule has 6 saturated carbocycles. The third-order valence-electron chi connectivity index (χ3n) is 14.9. The van der Waals surface area contributed by atoms with Crippen molar-refractivity contribution >= 4 is 11.6 Å². The molecule has 8 aliphatic carbocycles. The fraction of sp³-hybridized carbons (Fsp3) is 0.850. The van der Waals surface area contributed by atoms with Crippen LogP contribution in [0.3, 0.4) is 0 Å². The zero-order chi connectivity index (χ0) is 39.8. The molecule has 8 rings (SSSR count). The van der Waals surface area contributed by atoms with Crippen LogP contribution in [-0.2, 0) is 9.59 Å². The molecule has 0 saturated heterocycles. The van der Waals surface area contributed by atoms with E-state index >= 15 is 0 Å². The summed E-state index contributed by atoms with van der Waals surface area (Å²) in [6, 6.07) is 0. The molecular formula is C40H60O4. The number of carbonyl (C=O) groups is 2. The van der Waals surface area contributed by atoms with Crippen molar-refractivity contribution < 1.29 is 33.5 Å². The van der Waals surface area contributed by atoms with E-state index in [2.05, 4.69) is 13.8 Å². The van der Waals surface area contributed by atoms with E-state index in [1.54, 1.807) is 6.08 Å². The summed E-state index contributed by atoms with van der Waals surface area (Å²) < 4.78 is 83.8. The van der Waals surface area contributed by atoms with Gasteiger partial charge in [0, 0.05) is 26.5 Å². The van der Waals surface area contributed by atoms with Gasteiger partial charge in [0.15, 0.2) is 11.6 Å². The Morgan fingerprint density at radius 3 is 1.82 bits per heavy atom. The number of hydrogen-bond acceptors (Lipinski definition) is 4. The van der Waals surface area contributed by atoms with E-state index in [-0.39, 0.29) is 83.3 Å². The van der Waals surface area contributed by atoms with Crippen LogP contribution < -0.4 is 0 Å². The van der Waals surface area contributed by atoms with Gasteiger partial charge in [-0.3, -0.25) is 9.59 Å². The van der Waals surface area contributed by atoms with Gasteiger partial charge >= 0.3 is 0 Å². The molecule has 4 nitrogen and oxygen atoms in total. The predicted molar refractivity (Wildman–Crippen MR) is 175 cm³/mol. The first-order valence-electron chi connectivity index (χ1n) is 22.7. The lowest BCUT2D eigenvalue weighted by molar-refractivity contribution is -0.118. The molecule has 244 valence electrons. The van der Waals surface area contributed by atoms with Gasteiger partial charge in [0.2, 0.25) is 0 Å². The minimum atomic E-state index is -2.27. The molecule has 2 N–H and O–H groups in total. The second-order valence-electron chi connectivity index (χ2n) is 16.8. The first kappa shape index (κ1) is 21.6. The Morgan fingerprint density at radius 2 is 1.20 bits per heavy atom. The summed E-state index contributed by atoms with van der Waals surface area (Å²) in [4.78, 5) is 24.1. The molecule has 0 aromatic heterocycles. The van der Waals surface area contributed by atoms with Crippen LogP contribution in [0.4, 0.5) is 0 Å². The summed E-state index contributed by atoms with van der Waals surface area (Å²) in [6.45, 7) is -0.505. The van der Waals surface area contributed by atoms with E-state index in [9.17, 15) is 19.8 Å². The molecule has 0 amide bonds. The van der Waals surface area contributed by atoms with E-state index in [0.717, 1.165) is 24.8 Å². The number of hydrogen-bond donors (Lipinski definition) is 2. The number of fused-ring (bicyclic) bond motifs is 10. The maximum absolute atomic E-state index is 12.0. The molecule has 0 spiro atoms. The highest BCUT2D eigenvalue weighted by molar-refractivity contribution is 5.92. The standard InChI is InChI=1S/2C20H30O2/c2*1-12-10-17-15-5-4-13-11-14(21)6-8-19(13,2)16(15)7-9-20(17,3)18(12)22/h2*11-12,15-18,22H,4-10H2,1-3H3/t2*12?,15-,16+,17+,18+,19+,20+/m11/s1/i2D3,4D;2D3,3D3/t4?,12?,15-,16+,17+,18+,19+,20+;m. The average molecular weight is 615 g/mol. The smallest absolute Gasteiger partial charge is 0.155 e. The van der Waals surface area contributed by atoms with Gasteiger partial charge in [0.25, 0.3) is 0 Å². The van der Waals surface area contributed by atoms with Crippen molar-refractivity contribution in [2.75, 3.05) is 0 Å². The number of aliphatic hydroxyl groups is 2. The van der Waals surface area contributed by atoms with Crippen molar-refractivity contribution in [3.8, 4) is 0 Å². The minimum absolute atomic E-state index is 0.00545. The van der Waals surface area contributed by atoms with Gasteiger partial charge in [0.05, 0.1) is 12.2 Å². The second kappa shape index (κ2) is 10.6. The third kappa shape index (κ3) is 4.41. The number of aliphatic hydroxyl groups excluding tert-OH is 2. The Morgan fingerprint density at radius 1 is 0.682 bits per heavy atom. The summed E-state index contributed by atoms with van der Waals surface area (Å²) in [5.41, 5.74) is -1.99. The Hall–Kier alpha value is -1.26. The molecule has 44 heavy (non-hydrogen) atoms. The van der Waals surface area contributed by atoms with Gasteiger partial charge in [0.1, 0.15) is 0 Å². The minimum Gasteiger partial charge on any atom is -0.392 e. The van der Waals surface area contributed by atoms with Gasteiger partial charge in [-0.1, -0.05) is 52.5 Å². The van der Waals surface area contributed by atoms with Crippen molar-refractivity contribution in [1.29, 1.82) is 0 Å². The molecule has 8 aliphatic rings. The zero-order valence-corrected chi connectivity index (χ0v) is 26.9. The fourth-order valence-electron chi connectivity index (χ4n) is 12.5. The summed E-state index contributed by atoms with van der Waals surface area (Å²) in [7, 11) is 0. The molecule has 0 aromatic carbocycles. The maximum atomic E-state index is 12.0. The number of rotatable bonds is 0. The zero-order valence-electron chi connectivity index (χ0n) is 36.9. The summed E-state index contributed by atoms with van der Waals surface area (Å²) in [5.74, 6) is 0.157. The monoisotopic (exact) mass is 615 g/mol. The van der Waals surface area contributed by atoms with Crippen molar-refractivity contribution in [2.45, 2.75) is 143 Å². The van der Waals surface area contributed by atoms with Gasteiger partial charge in [-0.2, -0.15) is 0 Å². The predicted octanol–water partition coefficient (Wildman–Crippen LogP) is 8.25. The molecular weight excluding hydrogens is 544 g/mol. The van der Waals surface area contributed by atoms with Crippen molar-refractivity contribution in [3.63, 3.8) is 0 Å². The van der Waals surface area contributed by atoms with Gasteiger partial charge in [-0.15, -0.1) is 0 Å². The molecule has 4 heteroatoms. The molecule has 15 atom stereocenters. The van der Waals surface area contributed by atoms with Crippen LogP contribution >= 0.6 is 0 Å². The van der Waals surface area contributed by atoms with Crippen molar-refractivity contribution in [2.24, 2.45) is 69.0 Å². The maximum Gasteiger partial charge on any atom is 0.155 e. The fourth-order valence-corrected chi connectivity index (χ4v) is 12.5.